The Hall–Kier alpha value is -0.970. The van der Waals surface area contributed by atoms with Crippen molar-refractivity contribution in [2.75, 3.05) is 18.9 Å². The first-order chi connectivity index (χ1) is 15.7. The van der Waals surface area contributed by atoms with E-state index in [1.807, 2.05) is 0 Å². The molecule has 1 saturated heterocycles. The number of halogens is 1. The van der Waals surface area contributed by atoms with Crippen LogP contribution in [-0.4, -0.2) is 50.3 Å². The first kappa shape index (κ1) is 28.3. The number of anilines is 1. The zero-order valence-electron chi connectivity index (χ0n) is 19.2. The van der Waals surface area contributed by atoms with Gasteiger partial charge in [-0.2, -0.15) is 4.98 Å². The number of rotatable bonds is 16. The number of thioether (sulfide) groups is 1. The van der Waals surface area contributed by atoms with Crippen molar-refractivity contribution in [1.29, 1.82) is 0 Å². The van der Waals surface area contributed by atoms with Crippen LogP contribution in [-0.2, 0) is 13.6 Å². The Kier molecular flexibility index (Phi) is 12.4. The van der Waals surface area contributed by atoms with Gasteiger partial charge in [0.25, 0.3) is 0 Å². The lowest BCUT2D eigenvalue weighted by Crippen LogP contribution is -2.33. The van der Waals surface area contributed by atoms with E-state index in [9.17, 15) is 23.7 Å². The minimum absolute atomic E-state index is 0.0101. The number of alkyl halides is 1. The summed E-state index contributed by atoms with van der Waals surface area (Å²) in [5.74, 6) is 0.0101. The maximum absolute atomic E-state index is 14.6. The van der Waals surface area contributed by atoms with Gasteiger partial charge in [-0.1, -0.05) is 64.7 Å². The molecule has 0 aliphatic carbocycles. The van der Waals surface area contributed by atoms with Gasteiger partial charge in [-0.25, -0.2) is 13.8 Å². The van der Waals surface area contributed by atoms with Gasteiger partial charge < -0.3 is 15.7 Å². The van der Waals surface area contributed by atoms with E-state index in [-0.39, 0.29) is 12.4 Å². The fourth-order valence-electron chi connectivity index (χ4n) is 3.66. The fourth-order valence-corrected chi connectivity index (χ4v) is 5.96. The van der Waals surface area contributed by atoms with Crippen molar-refractivity contribution >= 4 is 25.4 Å². The number of aliphatic hydroxyl groups is 1. The quantitative estimate of drug-likeness (QED) is 0.221. The summed E-state index contributed by atoms with van der Waals surface area (Å²) in [6.45, 7) is 1.89. The zero-order chi connectivity index (χ0) is 24.3. The number of nitrogens with two attached hydrogens (primary N) is 1. The lowest BCUT2D eigenvalue weighted by Gasteiger charge is -2.17. The zero-order valence-corrected chi connectivity index (χ0v) is 20.9. The van der Waals surface area contributed by atoms with Crippen LogP contribution < -0.4 is 11.4 Å². The molecule has 2 heterocycles. The molecular formula is C21H37FN3O6PS. The molecule has 0 saturated carbocycles. The number of aliphatic hydroxyl groups excluding tert-OH is 1. The second kappa shape index (κ2) is 14.4. The predicted molar refractivity (Wildman–Crippen MR) is 128 cm³/mol. The molecule has 1 aliphatic rings. The molecule has 0 bridgehead atoms. The molecular weight excluding hydrogens is 472 g/mol. The molecule has 2 rings (SSSR count). The summed E-state index contributed by atoms with van der Waals surface area (Å²) in [6, 6.07) is 1.36. The molecule has 0 amide bonds. The normalized spacial score (nSPS) is 24.7. The van der Waals surface area contributed by atoms with Crippen LogP contribution in [0, 0.1) is 0 Å². The fraction of sp³-hybridized carbons (Fsp3) is 0.810. The third-order valence-electron chi connectivity index (χ3n) is 5.57. The Bertz CT molecular complexity index is 816. The van der Waals surface area contributed by atoms with Gasteiger partial charge in [0.05, 0.1) is 18.5 Å². The summed E-state index contributed by atoms with van der Waals surface area (Å²) in [4.78, 5) is 25.4. The highest BCUT2D eigenvalue weighted by Gasteiger charge is 2.46. The van der Waals surface area contributed by atoms with Gasteiger partial charge in [-0.05, 0) is 12.5 Å². The minimum Gasteiger partial charge on any atom is -0.389 e. The van der Waals surface area contributed by atoms with Crippen molar-refractivity contribution in [3.8, 4) is 0 Å². The number of aromatic nitrogens is 2. The van der Waals surface area contributed by atoms with Crippen LogP contribution in [0.4, 0.5) is 10.2 Å². The topological polar surface area (TPSA) is 137 Å². The molecule has 1 aromatic heterocycles. The number of unbranched alkanes of at least 4 members (excludes halogenated alkanes) is 9. The first-order valence-corrected chi connectivity index (χ1v) is 14.1. The van der Waals surface area contributed by atoms with E-state index in [0.29, 0.717) is 6.42 Å². The molecule has 5 atom stereocenters. The molecule has 1 fully saturated rings. The second-order valence-corrected chi connectivity index (χ2v) is 11.1. The van der Waals surface area contributed by atoms with Gasteiger partial charge in [0.15, 0.2) is 6.17 Å². The maximum Gasteiger partial charge on any atom is 0.472 e. The Labute approximate surface area is 198 Å². The van der Waals surface area contributed by atoms with Crippen LogP contribution >= 0.6 is 19.6 Å². The number of nitrogens with zero attached hydrogens (tertiary/aromatic N) is 2. The van der Waals surface area contributed by atoms with Crippen molar-refractivity contribution in [2.24, 2.45) is 0 Å². The van der Waals surface area contributed by atoms with Gasteiger partial charge >= 0.3 is 13.5 Å². The maximum atomic E-state index is 14.6. The molecule has 0 aromatic carbocycles. The molecule has 1 unspecified atom stereocenters. The highest BCUT2D eigenvalue weighted by molar-refractivity contribution is 8.00. The Balaban J connectivity index is 1.65. The molecule has 12 heteroatoms. The highest BCUT2D eigenvalue weighted by atomic mass is 32.2. The summed E-state index contributed by atoms with van der Waals surface area (Å²) in [5.41, 5.74) is 4.71. The highest BCUT2D eigenvalue weighted by Crippen LogP contribution is 2.48. The smallest absolute Gasteiger partial charge is 0.389 e. The summed E-state index contributed by atoms with van der Waals surface area (Å²) in [7, 11) is -4.32. The number of phosphoric acid groups is 1. The summed E-state index contributed by atoms with van der Waals surface area (Å²) >= 11 is 0.931. The molecule has 9 nitrogen and oxygen atoms in total. The van der Waals surface area contributed by atoms with Crippen LogP contribution in [0.15, 0.2) is 17.1 Å². The average molecular weight is 510 g/mol. The van der Waals surface area contributed by atoms with Crippen LogP contribution in [0.25, 0.3) is 0 Å². The van der Waals surface area contributed by atoms with E-state index < -0.39 is 43.0 Å². The van der Waals surface area contributed by atoms with Gasteiger partial charge in [0.2, 0.25) is 0 Å². The predicted octanol–water partition coefficient (Wildman–Crippen LogP) is 4.19. The monoisotopic (exact) mass is 509 g/mol. The molecule has 1 aromatic rings. The molecule has 4 N–H and O–H groups in total. The van der Waals surface area contributed by atoms with Crippen molar-refractivity contribution in [3.05, 3.63) is 22.7 Å². The standard InChI is InChI=1S/C21H37FN3O6PS/c1-2-3-4-5-6-7-8-9-10-11-14-30-32(28,29)31-15-16-19(26)18(22)20(33-16)25-13-12-17(23)24-21(25)27/h12-13,16,18-20,26H,2-11,14-15H2,1H3,(H,28,29)(H2,23,24,27)/t16-,18+,19-,20-/m1/s1. The van der Waals surface area contributed by atoms with Crippen LogP contribution in [0.3, 0.4) is 0 Å². The number of nitrogen functional groups attached to an aromatic ring is 1. The van der Waals surface area contributed by atoms with Crippen molar-refractivity contribution in [2.45, 2.75) is 94.0 Å². The first-order valence-electron chi connectivity index (χ1n) is 11.7. The van der Waals surface area contributed by atoms with Crippen molar-refractivity contribution in [1.82, 2.24) is 9.55 Å². The summed E-state index contributed by atoms with van der Waals surface area (Å²) in [6.07, 6.45) is 9.39. The van der Waals surface area contributed by atoms with Gasteiger partial charge in [0.1, 0.15) is 17.3 Å². The average Bonchev–Trinajstić information content (AvgIpc) is 3.04. The molecule has 0 radical (unpaired) electrons. The van der Waals surface area contributed by atoms with E-state index in [2.05, 4.69) is 11.9 Å². The SMILES string of the molecule is CCCCCCCCCCCCOP(=O)(O)OC[C@H]1S[C@@H](n2ccc(N)nc2=O)[C@@H](F)[C@@H]1O. The molecule has 190 valence electrons. The number of hydrogen-bond acceptors (Lipinski definition) is 8. The van der Waals surface area contributed by atoms with E-state index in [4.69, 9.17) is 14.8 Å². The summed E-state index contributed by atoms with van der Waals surface area (Å²) in [5, 5.41) is 8.27. The van der Waals surface area contributed by atoms with E-state index in [0.717, 1.165) is 35.6 Å². The molecule has 0 spiro atoms. The van der Waals surface area contributed by atoms with Gasteiger partial charge in [0, 0.05) is 6.20 Å². The Morgan fingerprint density at radius 1 is 1.15 bits per heavy atom. The third kappa shape index (κ3) is 9.66. The molecule has 33 heavy (non-hydrogen) atoms. The lowest BCUT2D eigenvalue weighted by molar-refractivity contribution is 0.0589. The van der Waals surface area contributed by atoms with E-state index >= 15 is 0 Å². The van der Waals surface area contributed by atoms with Crippen LogP contribution in [0.1, 0.15) is 76.5 Å². The molecule has 1 aliphatic heterocycles. The number of phosphoric ester groups is 1. The van der Waals surface area contributed by atoms with E-state index in [1.54, 1.807) is 0 Å². The third-order valence-corrected chi connectivity index (χ3v) is 8.09. The number of hydrogen-bond donors (Lipinski definition) is 3. The largest absolute Gasteiger partial charge is 0.472 e. The lowest BCUT2D eigenvalue weighted by atomic mass is 10.1. The van der Waals surface area contributed by atoms with Gasteiger partial charge in [-0.15, -0.1) is 11.8 Å². The Morgan fingerprint density at radius 3 is 2.36 bits per heavy atom. The Morgan fingerprint density at radius 2 is 1.76 bits per heavy atom. The van der Waals surface area contributed by atoms with Crippen molar-refractivity contribution in [3.63, 3.8) is 0 Å². The van der Waals surface area contributed by atoms with Crippen LogP contribution in [0.2, 0.25) is 0 Å². The summed E-state index contributed by atoms with van der Waals surface area (Å²) < 4.78 is 37.7. The van der Waals surface area contributed by atoms with Gasteiger partial charge in [-0.3, -0.25) is 13.6 Å². The minimum atomic E-state index is -4.32. The van der Waals surface area contributed by atoms with Crippen molar-refractivity contribution < 1.29 is 28.0 Å². The second-order valence-electron chi connectivity index (χ2n) is 8.32. The van der Waals surface area contributed by atoms with Crippen LogP contribution in [0.5, 0.6) is 0 Å². The van der Waals surface area contributed by atoms with E-state index in [1.165, 1.54) is 50.8 Å².